The van der Waals surface area contributed by atoms with Crippen molar-refractivity contribution in [3.05, 3.63) is 0 Å². The minimum Gasteiger partial charge on any atom is -0.428 e. The summed E-state index contributed by atoms with van der Waals surface area (Å²) in [4.78, 5) is 21.8. The first-order chi connectivity index (χ1) is 6.97. The van der Waals surface area contributed by atoms with E-state index in [4.69, 9.17) is 5.11 Å². The van der Waals surface area contributed by atoms with Gasteiger partial charge < -0.3 is 14.6 Å². The molecule has 88 valence electrons. The highest BCUT2D eigenvalue weighted by Crippen LogP contribution is 1.95. The van der Waals surface area contributed by atoms with Crippen LogP contribution in [0.2, 0.25) is 0 Å². The highest BCUT2D eigenvalue weighted by Gasteiger charge is 2.10. The first-order valence-electron chi connectivity index (χ1n) is 4.75. The zero-order valence-electron chi connectivity index (χ0n) is 9.15. The molecule has 0 aromatic heterocycles. The molecule has 0 bridgehead atoms. The van der Waals surface area contributed by atoms with E-state index in [0.717, 1.165) is 0 Å². The van der Waals surface area contributed by atoms with Gasteiger partial charge in [0.2, 0.25) is 6.79 Å². The molecule has 0 radical (unpaired) electrons. The molecule has 0 saturated heterocycles. The third kappa shape index (κ3) is 6.73. The summed E-state index contributed by atoms with van der Waals surface area (Å²) in [6, 6.07) is 0. The molecule has 0 aromatic rings. The number of amides is 1. The predicted octanol–water partition coefficient (Wildman–Crippen LogP) is 0.598. The quantitative estimate of drug-likeness (QED) is 0.522. The van der Waals surface area contributed by atoms with Gasteiger partial charge in [-0.2, -0.15) is 0 Å². The van der Waals surface area contributed by atoms with Gasteiger partial charge in [0.05, 0.1) is 5.92 Å². The zero-order valence-corrected chi connectivity index (χ0v) is 9.15. The fourth-order valence-corrected chi connectivity index (χ4v) is 0.587. The Morgan fingerprint density at radius 2 is 1.93 bits per heavy atom. The number of ether oxygens (including phenoxy) is 2. The summed E-state index contributed by atoms with van der Waals surface area (Å²) in [5.41, 5.74) is 0. The van der Waals surface area contributed by atoms with Crippen molar-refractivity contribution < 1.29 is 24.2 Å². The molecule has 0 spiro atoms. The van der Waals surface area contributed by atoms with Crippen molar-refractivity contribution in [3.63, 3.8) is 0 Å². The van der Waals surface area contributed by atoms with Crippen LogP contribution in [0.15, 0.2) is 0 Å². The highest BCUT2D eigenvalue weighted by molar-refractivity contribution is 5.71. The standard InChI is InChI=1S/C9H17NO5/c1-4-7(11)10-9(13)15-5-14-8(12)6(2)3/h6-7,11H,4-5H2,1-3H3,(H,10,13). The zero-order chi connectivity index (χ0) is 11.8. The molecule has 0 aliphatic rings. The van der Waals surface area contributed by atoms with E-state index in [9.17, 15) is 9.59 Å². The van der Waals surface area contributed by atoms with Gasteiger partial charge in [0.1, 0.15) is 6.23 Å². The van der Waals surface area contributed by atoms with Crippen LogP contribution in [0.1, 0.15) is 27.2 Å². The molecule has 0 aliphatic heterocycles. The second-order valence-electron chi connectivity index (χ2n) is 3.24. The van der Waals surface area contributed by atoms with Crippen molar-refractivity contribution in [2.24, 2.45) is 5.92 Å². The van der Waals surface area contributed by atoms with Gasteiger partial charge in [0.15, 0.2) is 0 Å². The Morgan fingerprint density at radius 1 is 1.33 bits per heavy atom. The maximum Gasteiger partial charge on any atom is 0.412 e. The van der Waals surface area contributed by atoms with E-state index < -0.39 is 25.1 Å². The van der Waals surface area contributed by atoms with Gasteiger partial charge in [-0.25, -0.2) is 4.79 Å². The predicted molar refractivity (Wildman–Crippen MR) is 51.7 cm³/mol. The van der Waals surface area contributed by atoms with Gasteiger partial charge in [-0.1, -0.05) is 20.8 Å². The van der Waals surface area contributed by atoms with Crippen LogP contribution in [0.25, 0.3) is 0 Å². The van der Waals surface area contributed by atoms with E-state index in [0.29, 0.717) is 6.42 Å². The fourth-order valence-electron chi connectivity index (χ4n) is 0.587. The minimum atomic E-state index is -0.946. The van der Waals surface area contributed by atoms with Crippen molar-refractivity contribution in [1.29, 1.82) is 0 Å². The monoisotopic (exact) mass is 219 g/mol. The summed E-state index contributed by atoms with van der Waals surface area (Å²) in [5, 5.41) is 11.1. The molecular weight excluding hydrogens is 202 g/mol. The number of aliphatic hydroxyl groups is 1. The van der Waals surface area contributed by atoms with E-state index in [1.807, 2.05) is 0 Å². The number of aliphatic hydroxyl groups excluding tert-OH is 1. The Labute approximate surface area is 88.6 Å². The van der Waals surface area contributed by atoms with Crippen LogP contribution in [0.3, 0.4) is 0 Å². The number of hydrogen-bond acceptors (Lipinski definition) is 5. The molecule has 0 saturated carbocycles. The third-order valence-corrected chi connectivity index (χ3v) is 1.53. The summed E-state index contributed by atoms with van der Waals surface area (Å²) < 4.78 is 9.07. The molecule has 15 heavy (non-hydrogen) atoms. The van der Waals surface area contributed by atoms with Crippen LogP contribution in [0, 0.1) is 5.92 Å². The normalized spacial score (nSPS) is 12.1. The Balaban J connectivity index is 3.60. The lowest BCUT2D eigenvalue weighted by atomic mass is 10.2. The largest absolute Gasteiger partial charge is 0.428 e. The lowest BCUT2D eigenvalue weighted by Crippen LogP contribution is -2.35. The molecule has 1 atom stereocenters. The summed E-state index contributed by atoms with van der Waals surface area (Å²) >= 11 is 0. The van der Waals surface area contributed by atoms with Crippen LogP contribution in [-0.2, 0) is 14.3 Å². The van der Waals surface area contributed by atoms with Crippen LogP contribution in [0.4, 0.5) is 4.79 Å². The fraction of sp³-hybridized carbons (Fsp3) is 0.778. The summed E-state index contributed by atoms with van der Waals surface area (Å²) in [6.07, 6.45) is -1.39. The summed E-state index contributed by atoms with van der Waals surface area (Å²) in [6.45, 7) is 4.59. The third-order valence-electron chi connectivity index (χ3n) is 1.53. The average molecular weight is 219 g/mol. The molecule has 0 rings (SSSR count). The molecule has 6 heteroatoms. The molecule has 1 unspecified atom stereocenters. The molecular formula is C9H17NO5. The number of carbonyl (C=O) groups excluding carboxylic acids is 2. The Hall–Kier alpha value is -1.30. The van der Waals surface area contributed by atoms with Gasteiger partial charge in [-0.05, 0) is 6.42 Å². The van der Waals surface area contributed by atoms with Crippen molar-refractivity contribution in [1.82, 2.24) is 5.32 Å². The number of carbonyl (C=O) groups is 2. The van der Waals surface area contributed by atoms with Gasteiger partial charge in [-0.3, -0.25) is 10.1 Å². The molecule has 1 amide bonds. The summed E-state index contributed by atoms with van der Waals surface area (Å²) in [5.74, 6) is -0.711. The highest BCUT2D eigenvalue weighted by atomic mass is 16.7. The topological polar surface area (TPSA) is 84.9 Å². The van der Waals surface area contributed by atoms with E-state index in [-0.39, 0.29) is 5.92 Å². The molecule has 0 heterocycles. The second kappa shape index (κ2) is 7.05. The smallest absolute Gasteiger partial charge is 0.412 e. The number of nitrogens with one attached hydrogen (secondary N) is 1. The van der Waals surface area contributed by atoms with Crippen LogP contribution < -0.4 is 5.32 Å². The maximum atomic E-state index is 10.9. The van der Waals surface area contributed by atoms with E-state index in [1.54, 1.807) is 20.8 Å². The van der Waals surface area contributed by atoms with Gasteiger partial charge in [0.25, 0.3) is 0 Å². The van der Waals surface area contributed by atoms with Crippen LogP contribution in [-0.4, -0.2) is 30.2 Å². The molecule has 0 aliphatic carbocycles. The second-order valence-corrected chi connectivity index (χ2v) is 3.24. The average Bonchev–Trinajstić information content (AvgIpc) is 2.17. The number of esters is 1. The first-order valence-corrected chi connectivity index (χ1v) is 4.75. The molecule has 6 nitrogen and oxygen atoms in total. The summed E-state index contributed by atoms with van der Waals surface area (Å²) in [7, 11) is 0. The molecule has 2 N–H and O–H groups in total. The Bertz CT molecular complexity index is 217. The van der Waals surface area contributed by atoms with Gasteiger partial charge in [0, 0.05) is 0 Å². The Morgan fingerprint density at radius 3 is 2.40 bits per heavy atom. The first kappa shape index (κ1) is 13.7. The minimum absolute atomic E-state index is 0.266. The number of hydrogen-bond donors (Lipinski definition) is 2. The van der Waals surface area contributed by atoms with E-state index in [1.165, 1.54) is 0 Å². The van der Waals surface area contributed by atoms with E-state index >= 15 is 0 Å². The van der Waals surface area contributed by atoms with Gasteiger partial charge in [-0.15, -0.1) is 0 Å². The maximum absolute atomic E-state index is 10.9. The van der Waals surface area contributed by atoms with Crippen molar-refractivity contribution >= 4 is 12.1 Å². The van der Waals surface area contributed by atoms with Crippen LogP contribution in [0.5, 0.6) is 0 Å². The Kier molecular flexibility index (Phi) is 6.44. The van der Waals surface area contributed by atoms with Crippen molar-refractivity contribution in [2.45, 2.75) is 33.4 Å². The lowest BCUT2D eigenvalue weighted by molar-refractivity contribution is -0.155. The molecule has 0 aromatic carbocycles. The number of rotatable bonds is 5. The van der Waals surface area contributed by atoms with Crippen molar-refractivity contribution in [2.75, 3.05) is 6.79 Å². The SMILES string of the molecule is CCC(O)NC(=O)OCOC(=O)C(C)C. The lowest BCUT2D eigenvalue weighted by Gasteiger charge is -2.11. The van der Waals surface area contributed by atoms with Crippen LogP contribution >= 0.6 is 0 Å². The number of alkyl carbamates (subject to hydrolysis) is 1. The molecule has 0 fully saturated rings. The van der Waals surface area contributed by atoms with E-state index in [2.05, 4.69) is 14.8 Å². The van der Waals surface area contributed by atoms with Gasteiger partial charge >= 0.3 is 12.1 Å². The van der Waals surface area contributed by atoms with Crippen molar-refractivity contribution in [3.8, 4) is 0 Å².